The predicted octanol–water partition coefficient (Wildman–Crippen LogP) is 2.62. The Bertz CT molecular complexity index is 1050. The van der Waals surface area contributed by atoms with E-state index in [4.69, 9.17) is 9.47 Å². The van der Waals surface area contributed by atoms with Gasteiger partial charge in [0.05, 0.1) is 17.4 Å². The maximum Gasteiger partial charge on any atom is 0.272 e. The number of imide groups is 1. The van der Waals surface area contributed by atoms with E-state index in [1.54, 1.807) is 23.6 Å². The van der Waals surface area contributed by atoms with Gasteiger partial charge in [-0.25, -0.2) is 8.42 Å². The number of ether oxygens (including phenoxy) is 2. The van der Waals surface area contributed by atoms with E-state index in [0.717, 1.165) is 22.5 Å². The molecule has 10 heteroatoms. The number of benzene rings is 1. The average Bonchev–Trinajstić information content (AvgIpc) is 3.23. The van der Waals surface area contributed by atoms with E-state index < -0.39 is 27.7 Å². The third-order valence-electron chi connectivity index (χ3n) is 4.15. The number of carbonyl (C=O) groups excluding carboxylic acids is 2. The number of fused-ring (bicyclic) bond motifs is 2. The largest absolute Gasteiger partial charge is 0.454 e. The molecule has 0 N–H and O–H groups in total. The molecule has 7 nitrogen and oxygen atoms in total. The topological polar surface area (TPSA) is 90.0 Å². The first-order valence-electron chi connectivity index (χ1n) is 7.48. The Balaban J connectivity index is 1.80. The summed E-state index contributed by atoms with van der Waals surface area (Å²) in [5.41, 5.74) is 0.770. The Labute approximate surface area is 161 Å². The van der Waals surface area contributed by atoms with Crippen LogP contribution < -0.4 is 9.47 Å². The molecule has 3 heterocycles. The third kappa shape index (κ3) is 2.81. The second kappa shape index (κ2) is 6.07. The van der Waals surface area contributed by atoms with Gasteiger partial charge in [0.2, 0.25) is 6.79 Å². The summed E-state index contributed by atoms with van der Waals surface area (Å²) in [6, 6.07) is 3.95. The number of halogens is 1. The summed E-state index contributed by atoms with van der Waals surface area (Å²) in [6.45, 7) is 0.0708. The highest BCUT2D eigenvalue weighted by atomic mass is 79.9. The summed E-state index contributed by atoms with van der Waals surface area (Å²) in [5.74, 6) is -0.392. The van der Waals surface area contributed by atoms with Crippen molar-refractivity contribution in [3.63, 3.8) is 0 Å². The van der Waals surface area contributed by atoms with E-state index >= 15 is 0 Å². The first-order chi connectivity index (χ1) is 12.3. The molecule has 0 saturated carbocycles. The van der Waals surface area contributed by atoms with Crippen molar-refractivity contribution < 1.29 is 27.5 Å². The second-order valence-corrected chi connectivity index (χ2v) is 9.91. The molecule has 0 fully saturated rings. The van der Waals surface area contributed by atoms with Crippen LogP contribution in [0.2, 0.25) is 0 Å². The van der Waals surface area contributed by atoms with Crippen molar-refractivity contribution in [3.8, 4) is 11.5 Å². The third-order valence-corrected chi connectivity index (χ3v) is 6.96. The Morgan fingerprint density at radius 1 is 1.23 bits per heavy atom. The molecule has 26 heavy (non-hydrogen) atoms. The fourth-order valence-electron chi connectivity index (χ4n) is 3.03. The van der Waals surface area contributed by atoms with Crippen molar-refractivity contribution in [2.45, 2.75) is 6.04 Å². The molecule has 1 unspecified atom stereocenters. The van der Waals surface area contributed by atoms with Gasteiger partial charge in [-0.15, -0.1) is 11.3 Å². The van der Waals surface area contributed by atoms with Crippen LogP contribution in [0, 0.1) is 0 Å². The number of thiophene rings is 1. The van der Waals surface area contributed by atoms with Crippen LogP contribution in [0.1, 0.15) is 31.6 Å². The number of nitrogens with zero attached hydrogens (tertiary/aromatic N) is 1. The molecule has 2 amide bonds. The number of amides is 2. The number of carbonyl (C=O) groups is 2. The number of rotatable bonds is 4. The summed E-state index contributed by atoms with van der Waals surface area (Å²) in [5, 5.41) is 1.67. The van der Waals surface area contributed by atoms with Gasteiger partial charge in [0.25, 0.3) is 11.8 Å². The van der Waals surface area contributed by atoms with Gasteiger partial charge in [0.15, 0.2) is 11.5 Å². The molecule has 2 aliphatic heterocycles. The molecular weight excluding hydrogens is 446 g/mol. The van der Waals surface area contributed by atoms with Crippen LogP contribution in [0.4, 0.5) is 0 Å². The quantitative estimate of drug-likeness (QED) is 0.655. The Hall–Kier alpha value is -1.91. The normalized spacial score (nSPS) is 16.9. The second-order valence-electron chi connectivity index (χ2n) is 5.99. The van der Waals surface area contributed by atoms with E-state index in [1.807, 2.05) is 0 Å². The molecule has 0 bridgehead atoms. The molecule has 0 saturated heterocycles. The van der Waals surface area contributed by atoms with Gasteiger partial charge >= 0.3 is 0 Å². The van der Waals surface area contributed by atoms with E-state index in [2.05, 4.69) is 15.9 Å². The van der Waals surface area contributed by atoms with Crippen molar-refractivity contribution in [2.75, 3.05) is 18.8 Å². The van der Waals surface area contributed by atoms with Crippen molar-refractivity contribution in [1.82, 2.24) is 4.90 Å². The van der Waals surface area contributed by atoms with E-state index in [9.17, 15) is 18.0 Å². The summed E-state index contributed by atoms with van der Waals surface area (Å²) in [6.07, 6.45) is 1.07. The highest BCUT2D eigenvalue weighted by molar-refractivity contribution is 9.10. The molecule has 1 aromatic heterocycles. The van der Waals surface area contributed by atoms with Crippen LogP contribution in [0.5, 0.6) is 11.5 Å². The van der Waals surface area contributed by atoms with Crippen LogP contribution in [-0.4, -0.2) is 43.9 Å². The van der Waals surface area contributed by atoms with Crippen LogP contribution in [0.3, 0.4) is 0 Å². The fraction of sp³-hybridized carbons (Fsp3) is 0.250. The number of hydrogen-bond acceptors (Lipinski definition) is 7. The van der Waals surface area contributed by atoms with Gasteiger partial charge in [-0.3, -0.25) is 14.5 Å². The van der Waals surface area contributed by atoms with Crippen molar-refractivity contribution in [1.29, 1.82) is 0 Å². The lowest BCUT2D eigenvalue weighted by atomic mass is 10.1. The molecule has 0 radical (unpaired) electrons. The molecule has 4 rings (SSSR count). The zero-order chi connectivity index (χ0) is 18.6. The smallest absolute Gasteiger partial charge is 0.272 e. The minimum absolute atomic E-state index is 0.0708. The van der Waals surface area contributed by atoms with Crippen LogP contribution in [0.15, 0.2) is 28.1 Å². The Morgan fingerprint density at radius 2 is 1.96 bits per heavy atom. The van der Waals surface area contributed by atoms with Gasteiger partial charge in [-0.05, 0) is 33.6 Å². The Morgan fingerprint density at radius 3 is 2.65 bits per heavy atom. The molecule has 0 spiro atoms. The summed E-state index contributed by atoms with van der Waals surface area (Å²) in [4.78, 5) is 27.0. The summed E-state index contributed by atoms with van der Waals surface area (Å²) in [7, 11) is -3.48. The molecule has 1 aromatic carbocycles. The molecule has 136 valence electrons. The standard InChI is InChI=1S/C16H12BrNO6S2/c1-26(21,22)6-10(8-2-3-11-12(4-8)24-7-23-11)18-15(19)13-9(17)5-25-14(13)16(18)20/h2-5,10H,6-7H2,1H3. The first-order valence-corrected chi connectivity index (χ1v) is 11.2. The van der Waals surface area contributed by atoms with Gasteiger partial charge < -0.3 is 9.47 Å². The van der Waals surface area contributed by atoms with Gasteiger partial charge in [-0.2, -0.15) is 0 Å². The first kappa shape index (κ1) is 17.5. The molecule has 2 aliphatic rings. The van der Waals surface area contributed by atoms with Crippen molar-refractivity contribution in [3.05, 3.63) is 44.1 Å². The molecular formula is C16H12BrNO6S2. The zero-order valence-corrected chi connectivity index (χ0v) is 16.6. The summed E-state index contributed by atoms with van der Waals surface area (Å²) >= 11 is 4.43. The van der Waals surface area contributed by atoms with Crippen LogP contribution >= 0.6 is 27.3 Å². The van der Waals surface area contributed by atoms with Gasteiger partial charge in [-0.1, -0.05) is 6.07 Å². The highest BCUT2D eigenvalue weighted by Crippen LogP contribution is 2.41. The minimum atomic E-state index is -3.48. The van der Waals surface area contributed by atoms with Crippen LogP contribution in [0.25, 0.3) is 0 Å². The minimum Gasteiger partial charge on any atom is -0.454 e. The SMILES string of the molecule is CS(=O)(=O)CC(c1ccc2c(c1)OCO2)N1C(=O)c2scc(Br)c2C1=O. The maximum atomic E-state index is 12.9. The summed E-state index contributed by atoms with van der Waals surface area (Å²) < 4.78 is 35.1. The van der Waals surface area contributed by atoms with E-state index in [1.165, 1.54) is 0 Å². The lowest BCUT2D eigenvalue weighted by Gasteiger charge is -2.26. The lowest BCUT2D eigenvalue weighted by Crippen LogP contribution is -2.37. The maximum absolute atomic E-state index is 12.9. The number of hydrogen-bond donors (Lipinski definition) is 0. The number of sulfone groups is 1. The van der Waals surface area contributed by atoms with Crippen molar-refractivity contribution >= 4 is 48.9 Å². The van der Waals surface area contributed by atoms with Crippen molar-refractivity contribution in [2.24, 2.45) is 0 Å². The predicted molar refractivity (Wildman–Crippen MR) is 97.5 cm³/mol. The van der Waals surface area contributed by atoms with E-state index in [-0.39, 0.29) is 18.1 Å². The lowest BCUT2D eigenvalue weighted by molar-refractivity contribution is 0.0598. The fourth-order valence-corrected chi connectivity index (χ4v) is 5.57. The zero-order valence-electron chi connectivity index (χ0n) is 13.4. The van der Waals surface area contributed by atoms with Gasteiger partial charge in [0, 0.05) is 16.1 Å². The molecule has 0 aliphatic carbocycles. The Kier molecular flexibility index (Phi) is 4.08. The molecule has 2 aromatic rings. The molecule has 1 atom stereocenters. The highest BCUT2D eigenvalue weighted by Gasteiger charge is 2.44. The van der Waals surface area contributed by atoms with Gasteiger partial charge in [0.1, 0.15) is 14.7 Å². The van der Waals surface area contributed by atoms with Crippen LogP contribution in [-0.2, 0) is 9.84 Å². The van der Waals surface area contributed by atoms with E-state index in [0.29, 0.717) is 26.4 Å². The monoisotopic (exact) mass is 457 g/mol. The average molecular weight is 458 g/mol.